The number of methoxy groups -OCH3 is 3. The molecule has 6 heteroatoms. The zero-order valence-corrected chi connectivity index (χ0v) is 17.9. The summed E-state index contributed by atoms with van der Waals surface area (Å²) < 4.78 is 16.1. The molecule has 160 valence electrons. The van der Waals surface area contributed by atoms with Gasteiger partial charge in [0.15, 0.2) is 0 Å². The van der Waals surface area contributed by atoms with Crippen molar-refractivity contribution >= 4 is 11.6 Å². The largest absolute Gasteiger partial charge is 0.497 e. The molecule has 1 amide bonds. The normalized spacial score (nSPS) is 15.1. The van der Waals surface area contributed by atoms with Crippen LogP contribution in [-0.4, -0.2) is 38.7 Å². The van der Waals surface area contributed by atoms with E-state index in [-0.39, 0.29) is 12.1 Å². The Hall–Kier alpha value is -3.67. The Bertz CT molecular complexity index is 1040. The van der Waals surface area contributed by atoms with E-state index in [2.05, 4.69) is 5.32 Å². The van der Waals surface area contributed by atoms with Gasteiger partial charge in [-0.25, -0.2) is 0 Å². The van der Waals surface area contributed by atoms with Crippen molar-refractivity contribution in [3.63, 3.8) is 0 Å². The maximum absolute atomic E-state index is 13.4. The number of ether oxygens (including phenoxy) is 3. The number of nitrogens with one attached hydrogen (secondary N) is 1. The number of para-hydroxylation sites is 1. The number of hydrogen-bond acceptors (Lipinski definition) is 5. The first-order valence-electron chi connectivity index (χ1n) is 10.2. The molecule has 0 aliphatic carbocycles. The number of carbonyl (C=O) groups is 1. The van der Waals surface area contributed by atoms with Crippen molar-refractivity contribution in [3.05, 3.63) is 83.4 Å². The monoisotopic (exact) mass is 418 g/mol. The van der Waals surface area contributed by atoms with E-state index < -0.39 is 0 Å². The highest BCUT2D eigenvalue weighted by atomic mass is 16.5. The molecule has 1 atom stereocenters. The van der Waals surface area contributed by atoms with Gasteiger partial charge in [0.2, 0.25) is 0 Å². The van der Waals surface area contributed by atoms with Crippen LogP contribution >= 0.6 is 0 Å². The van der Waals surface area contributed by atoms with Crippen LogP contribution in [0.2, 0.25) is 0 Å². The highest BCUT2D eigenvalue weighted by Crippen LogP contribution is 2.36. The highest BCUT2D eigenvalue weighted by Gasteiger charge is 2.33. The van der Waals surface area contributed by atoms with Crippen LogP contribution in [0, 0.1) is 0 Å². The minimum atomic E-state index is -0.343. The van der Waals surface area contributed by atoms with E-state index in [0.717, 1.165) is 29.0 Å². The molecule has 0 saturated heterocycles. The fourth-order valence-corrected chi connectivity index (χ4v) is 3.82. The number of rotatable bonds is 7. The molecule has 0 unspecified atom stereocenters. The third-order valence-corrected chi connectivity index (χ3v) is 5.51. The summed E-state index contributed by atoms with van der Waals surface area (Å²) in [4.78, 5) is 15.3. The van der Waals surface area contributed by atoms with Crippen LogP contribution in [0.15, 0.2) is 66.7 Å². The summed E-state index contributed by atoms with van der Waals surface area (Å²) in [6.07, 6.45) is 0.377. The minimum Gasteiger partial charge on any atom is -0.497 e. The number of fused-ring (bicyclic) bond motifs is 1. The van der Waals surface area contributed by atoms with Gasteiger partial charge in [-0.15, -0.1) is 0 Å². The van der Waals surface area contributed by atoms with Gasteiger partial charge in [-0.2, -0.15) is 0 Å². The summed E-state index contributed by atoms with van der Waals surface area (Å²) >= 11 is 0. The Morgan fingerprint density at radius 1 is 0.839 bits per heavy atom. The summed E-state index contributed by atoms with van der Waals surface area (Å²) in [6, 6.07) is 21.2. The molecule has 0 aromatic heterocycles. The third kappa shape index (κ3) is 4.28. The van der Waals surface area contributed by atoms with Crippen molar-refractivity contribution in [2.45, 2.75) is 12.6 Å². The van der Waals surface area contributed by atoms with Crippen LogP contribution in [-0.2, 0) is 6.42 Å². The summed E-state index contributed by atoms with van der Waals surface area (Å²) in [5, 5.41) is 3.52. The van der Waals surface area contributed by atoms with Gasteiger partial charge in [-0.05, 0) is 48.4 Å². The predicted molar refractivity (Wildman–Crippen MR) is 120 cm³/mol. The average molecular weight is 418 g/mol. The van der Waals surface area contributed by atoms with Gasteiger partial charge in [0, 0.05) is 23.9 Å². The Morgan fingerprint density at radius 3 is 2.13 bits per heavy atom. The zero-order chi connectivity index (χ0) is 21.8. The van der Waals surface area contributed by atoms with Crippen LogP contribution in [0.25, 0.3) is 0 Å². The molecule has 1 heterocycles. The number of hydrogen-bond donors (Lipinski definition) is 1. The molecule has 3 aromatic carbocycles. The van der Waals surface area contributed by atoms with Crippen molar-refractivity contribution in [2.24, 2.45) is 0 Å². The summed E-state index contributed by atoms with van der Waals surface area (Å²) in [5.41, 5.74) is 3.52. The molecule has 31 heavy (non-hydrogen) atoms. The van der Waals surface area contributed by atoms with Crippen LogP contribution < -0.4 is 19.5 Å². The quantitative estimate of drug-likeness (QED) is 0.611. The second-order valence-electron chi connectivity index (χ2n) is 7.34. The predicted octanol–water partition coefficient (Wildman–Crippen LogP) is 4.52. The average Bonchev–Trinajstić information content (AvgIpc) is 2.83. The Kier molecular flexibility index (Phi) is 5.98. The van der Waals surface area contributed by atoms with E-state index in [1.54, 1.807) is 21.3 Å². The lowest BCUT2D eigenvalue weighted by atomic mass is 10.0. The molecule has 0 radical (unpaired) electrons. The second kappa shape index (κ2) is 9.00. The van der Waals surface area contributed by atoms with Crippen LogP contribution in [0.5, 0.6) is 17.2 Å². The molecule has 4 rings (SSSR count). The fourth-order valence-electron chi connectivity index (χ4n) is 3.82. The van der Waals surface area contributed by atoms with Crippen LogP contribution in [0.4, 0.5) is 5.69 Å². The highest BCUT2D eigenvalue weighted by molar-refractivity contribution is 6.01. The summed E-state index contributed by atoms with van der Waals surface area (Å²) in [5.74, 6) is 2.17. The van der Waals surface area contributed by atoms with Gasteiger partial charge >= 0.3 is 0 Å². The van der Waals surface area contributed by atoms with Gasteiger partial charge in [-0.1, -0.05) is 24.3 Å². The van der Waals surface area contributed by atoms with Gasteiger partial charge in [0.25, 0.3) is 5.91 Å². The Labute approximate surface area is 182 Å². The molecular weight excluding hydrogens is 392 g/mol. The fraction of sp³-hybridized carbons (Fsp3) is 0.240. The number of nitrogens with zero attached hydrogens (tertiary/aromatic N) is 1. The molecule has 0 bridgehead atoms. The standard InChI is InChI=1S/C25H26N2O4/c1-29-19-10-8-17(9-11-19)12-13-27-24(18-14-20(30-2)16-21(15-18)31-3)26-23-7-5-4-6-22(23)25(27)28/h4-11,14-16,24,26H,12-13H2,1-3H3/t24-/m1/s1. The number of amides is 1. The Balaban J connectivity index is 1.67. The molecule has 1 aliphatic rings. The van der Waals surface area contributed by atoms with Gasteiger partial charge in [0.05, 0.1) is 26.9 Å². The maximum Gasteiger partial charge on any atom is 0.257 e. The van der Waals surface area contributed by atoms with E-state index >= 15 is 0 Å². The Morgan fingerprint density at radius 2 is 1.48 bits per heavy atom. The molecule has 3 aromatic rings. The van der Waals surface area contributed by atoms with E-state index in [1.807, 2.05) is 71.6 Å². The van der Waals surface area contributed by atoms with Crippen LogP contribution in [0.3, 0.4) is 0 Å². The minimum absolute atomic E-state index is 0.00496. The molecule has 6 nitrogen and oxygen atoms in total. The first kappa shape index (κ1) is 20.6. The number of carbonyl (C=O) groups excluding carboxylic acids is 1. The molecule has 0 spiro atoms. The molecule has 0 fully saturated rings. The molecule has 1 N–H and O–H groups in total. The molecule has 1 aliphatic heterocycles. The molecule has 0 saturated carbocycles. The smallest absolute Gasteiger partial charge is 0.257 e. The SMILES string of the molecule is COc1ccc(CCN2C(=O)c3ccccc3N[C@H]2c2cc(OC)cc(OC)c2)cc1. The van der Waals surface area contributed by atoms with Gasteiger partial charge in [0.1, 0.15) is 23.4 Å². The van der Waals surface area contributed by atoms with Gasteiger partial charge < -0.3 is 24.4 Å². The van der Waals surface area contributed by atoms with Crippen molar-refractivity contribution in [1.82, 2.24) is 4.90 Å². The summed E-state index contributed by atoms with van der Waals surface area (Å²) in [6.45, 7) is 0.552. The van der Waals surface area contributed by atoms with Gasteiger partial charge in [-0.3, -0.25) is 4.79 Å². The van der Waals surface area contributed by atoms with E-state index in [9.17, 15) is 4.79 Å². The lowest BCUT2D eigenvalue weighted by Gasteiger charge is -2.38. The summed E-state index contributed by atoms with van der Waals surface area (Å²) in [7, 11) is 4.89. The first-order valence-corrected chi connectivity index (χ1v) is 10.2. The van der Waals surface area contributed by atoms with Crippen molar-refractivity contribution in [3.8, 4) is 17.2 Å². The van der Waals surface area contributed by atoms with Crippen molar-refractivity contribution in [1.29, 1.82) is 0 Å². The van der Waals surface area contributed by atoms with Crippen molar-refractivity contribution < 1.29 is 19.0 Å². The zero-order valence-electron chi connectivity index (χ0n) is 17.9. The topological polar surface area (TPSA) is 60.0 Å². The second-order valence-corrected chi connectivity index (χ2v) is 7.34. The third-order valence-electron chi connectivity index (χ3n) is 5.51. The molecular formula is C25H26N2O4. The van der Waals surface area contributed by atoms with E-state index in [0.29, 0.717) is 23.6 Å². The lowest BCUT2D eigenvalue weighted by molar-refractivity contribution is 0.0685. The lowest BCUT2D eigenvalue weighted by Crippen LogP contribution is -2.44. The van der Waals surface area contributed by atoms with E-state index in [4.69, 9.17) is 14.2 Å². The number of benzene rings is 3. The number of anilines is 1. The van der Waals surface area contributed by atoms with Crippen molar-refractivity contribution in [2.75, 3.05) is 33.2 Å². The van der Waals surface area contributed by atoms with Crippen LogP contribution in [0.1, 0.15) is 27.7 Å². The van der Waals surface area contributed by atoms with E-state index in [1.165, 1.54) is 0 Å². The maximum atomic E-state index is 13.4. The first-order chi connectivity index (χ1) is 15.1.